The fourth-order valence-corrected chi connectivity index (χ4v) is 2.76. The van der Waals surface area contributed by atoms with Gasteiger partial charge in [-0.25, -0.2) is 9.97 Å². The van der Waals surface area contributed by atoms with E-state index in [-0.39, 0.29) is 0 Å². The summed E-state index contributed by atoms with van der Waals surface area (Å²) in [4.78, 5) is 8.84. The van der Waals surface area contributed by atoms with E-state index < -0.39 is 0 Å². The third-order valence-electron chi connectivity index (χ3n) is 2.27. The van der Waals surface area contributed by atoms with Crippen LogP contribution in [-0.4, -0.2) is 20.9 Å². The molecule has 0 saturated carbocycles. The van der Waals surface area contributed by atoms with Crippen LogP contribution in [-0.2, 0) is 12.8 Å². The van der Waals surface area contributed by atoms with Crippen LogP contribution in [0, 0.1) is 6.92 Å². The van der Waals surface area contributed by atoms with Crippen molar-refractivity contribution in [3.63, 3.8) is 0 Å². The van der Waals surface area contributed by atoms with Crippen molar-refractivity contribution in [2.75, 3.05) is 11.9 Å². The molecule has 2 aromatic heterocycles. The highest BCUT2D eigenvalue weighted by molar-refractivity contribution is 7.09. The second-order valence-electron chi connectivity index (χ2n) is 3.80. The number of aryl methyl sites for hydroxylation is 2. The predicted octanol–water partition coefficient (Wildman–Crippen LogP) is 2.91. The molecule has 0 aromatic carbocycles. The van der Waals surface area contributed by atoms with Gasteiger partial charge >= 0.3 is 0 Å². The van der Waals surface area contributed by atoms with Gasteiger partial charge in [0.1, 0.15) is 5.82 Å². The molecule has 0 bridgehead atoms. The summed E-state index contributed by atoms with van der Waals surface area (Å²) in [6.45, 7) is 5.03. The number of hydrogen-bond acceptors (Lipinski definition) is 6. The summed E-state index contributed by atoms with van der Waals surface area (Å²) in [5.74, 6) is 0.949. The van der Waals surface area contributed by atoms with Crippen molar-refractivity contribution >= 4 is 28.0 Å². The summed E-state index contributed by atoms with van der Waals surface area (Å²) in [6, 6.07) is 0. The smallest absolute Gasteiger partial charge is 0.202 e. The Morgan fingerprint density at radius 2 is 2.18 bits per heavy atom. The lowest BCUT2D eigenvalue weighted by Crippen LogP contribution is -2.04. The van der Waals surface area contributed by atoms with E-state index in [1.54, 1.807) is 11.3 Å². The van der Waals surface area contributed by atoms with Crippen LogP contribution in [0.5, 0.6) is 0 Å². The molecule has 0 saturated heterocycles. The van der Waals surface area contributed by atoms with Crippen molar-refractivity contribution in [1.82, 2.24) is 14.3 Å². The quantitative estimate of drug-likeness (QED) is 0.875. The zero-order chi connectivity index (χ0) is 12.1. The van der Waals surface area contributed by atoms with E-state index in [4.69, 9.17) is 0 Å². The Bertz CT molecular complexity index is 463. The second-order valence-corrected chi connectivity index (χ2v) is 5.61. The first kappa shape index (κ1) is 12.4. The van der Waals surface area contributed by atoms with E-state index in [1.165, 1.54) is 11.5 Å². The Hall–Kier alpha value is -1.01. The van der Waals surface area contributed by atoms with Crippen LogP contribution < -0.4 is 5.32 Å². The first-order valence-electron chi connectivity index (χ1n) is 5.75. The maximum Gasteiger partial charge on any atom is 0.202 e. The maximum atomic E-state index is 4.42. The van der Waals surface area contributed by atoms with E-state index in [0.29, 0.717) is 0 Å². The second kappa shape index (κ2) is 6.07. The van der Waals surface area contributed by atoms with E-state index in [2.05, 4.69) is 32.0 Å². The highest BCUT2D eigenvalue weighted by Crippen LogP contribution is 2.13. The minimum absolute atomic E-state index is 0.865. The van der Waals surface area contributed by atoms with Gasteiger partial charge in [0.2, 0.25) is 5.13 Å². The Morgan fingerprint density at radius 1 is 1.29 bits per heavy atom. The van der Waals surface area contributed by atoms with Gasteiger partial charge in [-0.15, -0.1) is 11.3 Å². The van der Waals surface area contributed by atoms with Crippen molar-refractivity contribution < 1.29 is 0 Å². The fraction of sp³-hybridized carbons (Fsp3) is 0.545. The minimum Gasteiger partial charge on any atom is -0.360 e. The summed E-state index contributed by atoms with van der Waals surface area (Å²) in [7, 11) is 0. The van der Waals surface area contributed by atoms with E-state index in [9.17, 15) is 0 Å². The summed E-state index contributed by atoms with van der Waals surface area (Å²) < 4.78 is 4.29. The molecule has 0 aliphatic heterocycles. The largest absolute Gasteiger partial charge is 0.360 e. The van der Waals surface area contributed by atoms with Gasteiger partial charge in [-0.2, -0.15) is 4.37 Å². The van der Waals surface area contributed by atoms with Crippen molar-refractivity contribution in [3.8, 4) is 0 Å². The molecular formula is C11H16N4S2. The van der Waals surface area contributed by atoms with Gasteiger partial charge in [-0.3, -0.25) is 0 Å². The maximum absolute atomic E-state index is 4.42. The molecule has 2 rings (SSSR count). The SMILES string of the molecule is CCCc1nsc(NCCc2csc(C)n2)n1. The van der Waals surface area contributed by atoms with Crippen LogP contribution in [0.3, 0.4) is 0 Å². The van der Waals surface area contributed by atoms with E-state index >= 15 is 0 Å². The van der Waals surface area contributed by atoms with Crippen molar-refractivity contribution in [1.29, 1.82) is 0 Å². The van der Waals surface area contributed by atoms with Crippen LogP contribution >= 0.6 is 22.9 Å². The zero-order valence-electron chi connectivity index (χ0n) is 10.1. The highest BCUT2D eigenvalue weighted by atomic mass is 32.1. The molecule has 92 valence electrons. The molecule has 17 heavy (non-hydrogen) atoms. The Balaban J connectivity index is 1.77. The molecule has 2 aromatic rings. The summed E-state index contributed by atoms with van der Waals surface area (Å²) >= 11 is 3.14. The van der Waals surface area contributed by atoms with Gasteiger partial charge in [0.05, 0.1) is 10.7 Å². The molecule has 0 unspecified atom stereocenters. The lowest BCUT2D eigenvalue weighted by molar-refractivity contribution is 0.860. The number of thiazole rings is 1. The fourth-order valence-electron chi connectivity index (χ4n) is 1.47. The Labute approximate surface area is 109 Å². The van der Waals surface area contributed by atoms with Crippen molar-refractivity contribution in [3.05, 3.63) is 21.9 Å². The van der Waals surface area contributed by atoms with Crippen molar-refractivity contribution in [2.24, 2.45) is 0 Å². The third-order valence-corrected chi connectivity index (χ3v) is 3.80. The first-order chi connectivity index (χ1) is 8.28. The van der Waals surface area contributed by atoms with E-state index in [0.717, 1.165) is 47.5 Å². The standard InChI is InChI=1S/C11H16N4S2/c1-3-4-10-14-11(17-15-10)12-6-5-9-7-16-8(2)13-9/h7H,3-6H2,1-2H3,(H,12,14,15). The number of hydrogen-bond donors (Lipinski definition) is 1. The van der Waals surface area contributed by atoms with Crippen LogP contribution in [0.1, 0.15) is 29.9 Å². The van der Waals surface area contributed by atoms with Gasteiger partial charge in [0.25, 0.3) is 0 Å². The lowest BCUT2D eigenvalue weighted by atomic mass is 10.3. The monoisotopic (exact) mass is 268 g/mol. The molecule has 0 amide bonds. The highest BCUT2D eigenvalue weighted by Gasteiger charge is 2.03. The summed E-state index contributed by atoms with van der Waals surface area (Å²) in [5, 5.41) is 7.44. The Morgan fingerprint density at radius 3 is 2.88 bits per heavy atom. The number of nitrogens with one attached hydrogen (secondary N) is 1. The molecule has 0 aliphatic carbocycles. The van der Waals surface area contributed by atoms with Crippen LogP contribution in [0.2, 0.25) is 0 Å². The van der Waals surface area contributed by atoms with Crippen LogP contribution in [0.4, 0.5) is 5.13 Å². The molecule has 6 heteroatoms. The molecule has 0 radical (unpaired) electrons. The number of rotatable bonds is 6. The molecule has 0 fully saturated rings. The first-order valence-corrected chi connectivity index (χ1v) is 7.40. The molecule has 0 aliphatic rings. The number of nitrogens with zero attached hydrogens (tertiary/aromatic N) is 3. The summed E-state index contributed by atoms with van der Waals surface area (Å²) in [5.41, 5.74) is 1.15. The van der Waals surface area contributed by atoms with Crippen LogP contribution in [0.15, 0.2) is 5.38 Å². The third kappa shape index (κ3) is 3.74. The van der Waals surface area contributed by atoms with Gasteiger partial charge in [-0.05, 0) is 13.3 Å². The van der Waals surface area contributed by atoms with Gasteiger partial charge in [-0.1, -0.05) is 6.92 Å². The number of anilines is 1. The molecule has 4 nitrogen and oxygen atoms in total. The molecule has 2 heterocycles. The summed E-state index contributed by atoms with van der Waals surface area (Å²) in [6.07, 6.45) is 2.99. The average Bonchev–Trinajstić information content (AvgIpc) is 2.89. The van der Waals surface area contributed by atoms with E-state index in [1.807, 2.05) is 6.92 Å². The molecule has 1 N–H and O–H groups in total. The van der Waals surface area contributed by atoms with Crippen LogP contribution in [0.25, 0.3) is 0 Å². The molecule has 0 spiro atoms. The van der Waals surface area contributed by atoms with Gasteiger partial charge < -0.3 is 5.32 Å². The Kier molecular flexibility index (Phi) is 4.44. The topological polar surface area (TPSA) is 50.7 Å². The van der Waals surface area contributed by atoms with Crippen molar-refractivity contribution in [2.45, 2.75) is 33.1 Å². The lowest BCUT2D eigenvalue weighted by Gasteiger charge is -1.98. The van der Waals surface area contributed by atoms with Gasteiger partial charge in [0.15, 0.2) is 0 Å². The zero-order valence-corrected chi connectivity index (χ0v) is 11.7. The minimum atomic E-state index is 0.865. The average molecular weight is 268 g/mol. The molecule has 0 atom stereocenters. The van der Waals surface area contributed by atoms with Gasteiger partial charge in [0, 0.05) is 36.3 Å². The number of aromatic nitrogens is 3. The normalized spacial score (nSPS) is 10.7. The predicted molar refractivity (Wildman–Crippen MR) is 72.9 cm³/mol. The molecular weight excluding hydrogens is 252 g/mol.